The van der Waals surface area contributed by atoms with Crippen LogP contribution in [0, 0.1) is 22.7 Å². The summed E-state index contributed by atoms with van der Waals surface area (Å²) in [6.45, 7) is 1.67. The Morgan fingerprint density at radius 3 is 2.25 bits per heavy atom. The molecular formula is C7H9N3O2. The molecule has 0 aliphatic heterocycles. The van der Waals surface area contributed by atoms with Crippen LogP contribution in [0.5, 0.6) is 0 Å². The molecule has 5 nitrogen and oxygen atoms in total. The topological polar surface area (TPSA) is 77.1 Å². The summed E-state index contributed by atoms with van der Waals surface area (Å²) in [5, 5.41) is 16.5. The number of hydrogen-bond donors (Lipinski definition) is 0. The summed E-state index contributed by atoms with van der Waals surface area (Å²) in [5.74, 6) is 0. The molecule has 5 heteroatoms. The van der Waals surface area contributed by atoms with Gasteiger partial charge in [-0.25, -0.2) is 4.79 Å². The van der Waals surface area contributed by atoms with E-state index in [4.69, 9.17) is 10.5 Å². The molecule has 0 fully saturated rings. The van der Waals surface area contributed by atoms with Crippen LogP contribution in [0.2, 0.25) is 0 Å². The Morgan fingerprint density at radius 1 is 1.42 bits per heavy atom. The van der Waals surface area contributed by atoms with Gasteiger partial charge in [-0.05, 0) is 6.92 Å². The summed E-state index contributed by atoms with van der Waals surface area (Å²) < 4.78 is 4.59. The predicted octanol–water partition coefficient (Wildman–Crippen LogP) is 0.492. The van der Waals surface area contributed by atoms with E-state index in [-0.39, 0.29) is 19.7 Å². The van der Waals surface area contributed by atoms with Gasteiger partial charge in [0.15, 0.2) is 0 Å². The molecule has 0 aliphatic carbocycles. The van der Waals surface area contributed by atoms with Crippen molar-refractivity contribution >= 4 is 6.09 Å². The van der Waals surface area contributed by atoms with Gasteiger partial charge in [-0.15, -0.1) is 0 Å². The van der Waals surface area contributed by atoms with Gasteiger partial charge in [-0.3, -0.25) is 4.90 Å². The maximum Gasteiger partial charge on any atom is 0.411 e. The fourth-order valence-corrected chi connectivity index (χ4v) is 0.570. The van der Waals surface area contributed by atoms with Gasteiger partial charge < -0.3 is 4.74 Å². The summed E-state index contributed by atoms with van der Waals surface area (Å²) >= 11 is 0. The first-order valence-corrected chi connectivity index (χ1v) is 3.41. The zero-order valence-electron chi connectivity index (χ0n) is 6.78. The second kappa shape index (κ2) is 5.99. The molecule has 0 rings (SSSR count). The minimum atomic E-state index is -0.624. The first-order valence-electron chi connectivity index (χ1n) is 3.41. The molecule has 0 N–H and O–H groups in total. The van der Waals surface area contributed by atoms with Crippen LogP contribution in [0.4, 0.5) is 4.79 Å². The molecule has 1 amide bonds. The zero-order chi connectivity index (χ0) is 9.40. The highest BCUT2D eigenvalue weighted by Gasteiger charge is 2.12. The maximum absolute atomic E-state index is 10.9. The number of rotatable bonds is 3. The van der Waals surface area contributed by atoms with Crippen molar-refractivity contribution in [3.05, 3.63) is 0 Å². The number of carbonyl (C=O) groups excluding carboxylic acids is 1. The second-order valence-corrected chi connectivity index (χ2v) is 1.87. The first-order chi connectivity index (χ1) is 5.76. The molecule has 12 heavy (non-hydrogen) atoms. The molecular weight excluding hydrogens is 158 g/mol. The fraction of sp³-hybridized carbons (Fsp3) is 0.571. The van der Waals surface area contributed by atoms with Gasteiger partial charge in [0, 0.05) is 0 Å². The minimum absolute atomic E-state index is 0.119. The standard InChI is InChI=1S/C7H9N3O2/c1-2-12-7(11)10(5-3-8)6-4-9/h2,5-6H2,1H3. The van der Waals surface area contributed by atoms with Crippen LogP contribution in [0.25, 0.3) is 0 Å². The highest BCUT2D eigenvalue weighted by atomic mass is 16.6. The molecule has 0 aromatic carbocycles. The number of nitriles is 2. The number of hydrogen-bond acceptors (Lipinski definition) is 4. The number of ether oxygens (including phenoxy) is 1. The molecule has 0 radical (unpaired) electrons. The molecule has 0 saturated heterocycles. The van der Waals surface area contributed by atoms with E-state index in [2.05, 4.69) is 4.74 Å². The number of amides is 1. The van der Waals surface area contributed by atoms with Crippen molar-refractivity contribution < 1.29 is 9.53 Å². The minimum Gasteiger partial charge on any atom is -0.450 e. The van der Waals surface area contributed by atoms with E-state index >= 15 is 0 Å². The van der Waals surface area contributed by atoms with E-state index < -0.39 is 6.09 Å². The molecule has 0 aromatic rings. The summed E-state index contributed by atoms with van der Waals surface area (Å²) in [6, 6.07) is 3.53. The third kappa shape index (κ3) is 3.43. The fourth-order valence-electron chi connectivity index (χ4n) is 0.570. The van der Waals surface area contributed by atoms with E-state index in [9.17, 15) is 4.79 Å². The van der Waals surface area contributed by atoms with Gasteiger partial charge in [0.05, 0.1) is 18.7 Å². The van der Waals surface area contributed by atoms with Crippen LogP contribution in [0.1, 0.15) is 6.92 Å². The van der Waals surface area contributed by atoms with Crippen molar-refractivity contribution in [3.8, 4) is 12.1 Å². The lowest BCUT2D eigenvalue weighted by Crippen LogP contribution is -2.32. The number of nitrogens with zero attached hydrogens (tertiary/aromatic N) is 3. The van der Waals surface area contributed by atoms with Crippen molar-refractivity contribution in [3.63, 3.8) is 0 Å². The SMILES string of the molecule is CCOC(=O)N(CC#N)CC#N. The summed E-state index contributed by atoms with van der Waals surface area (Å²) in [5.41, 5.74) is 0. The highest BCUT2D eigenvalue weighted by Crippen LogP contribution is 1.91. The van der Waals surface area contributed by atoms with Crippen LogP contribution in [-0.4, -0.2) is 30.7 Å². The normalized spacial score (nSPS) is 7.92. The monoisotopic (exact) mass is 167 g/mol. The quantitative estimate of drug-likeness (QED) is 0.573. The lowest BCUT2D eigenvalue weighted by molar-refractivity contribution is 0.116. The molecule has 0 bridgehead atoms. The van der Waals surface area contributed by atoms with Crippen molar-refractivity contribution in [1.82, 2.24) is 4.90 Å². The Hall–Kier alpha value is -1.75. The smallest absolute Gasteiger partial charge is 0.411 e. The lowest BCUT2D eigenvalue weighted by atomic mass is 10.5. The Kier molecular flexibility index (Phi) is 5.12. The Morgan fingerprint density at radius 2 is 1.92 bits per heavy atom. The van der Waals surface area contributed by atoms with Gasteiger partial charge in [0.1, 0.15) is 13.1 Å². The van der Waals surface area contributed by atoms with Gasteiger partial charge in [-0.1, -0.05) is 0 Å². The largest absolute Gasteiger partial charge is 0.450 e. The van der Waals surface area contributed by atoms with Crippen LogP contribution >= 0.6 is 0 Å². The van der Waals surface area contributed by atoms with Crippen molar-refractivity contribution in [2.45, 2.75) is 6.92 Å². The molecule has 64 valence electrons. The maximum atomic E-state index is 10.9. The van der Waals surface area contributed by atoms with E-state index in [1.807, 2.05) is 0 Å². The molecule has 0 saturated carbocycles. The first kappa shape index (κ1) is 10.2. The lowest BCUT2D eigenvalue weighted by Gasteiger charge is -2.14. The third-order valence-corrected chi connectivity index (χ3v) is 1.05. The van der Waals surface area contributed by atoms with Crippen LogP contribution in [-0.2, 0) is 4.74 Å². The van der Waals surface area contributed by atoms with E-state index in [1.54, 1.807) is 19.1 Å². The summed E-state index contributed by atoms with van der Waals surface area (Å²) in [4.78, 5) is 12.0. The molecule has 0 aliphatic rings. The zero-order valence-corrected chi connectivity index (χ0v) is 6.78. The summed E-state index contributed by atoms with van der Waals surface area (Å²) in [7, 11) is 0. The average Bonchev–Trinajstić information content (AvgIpc) is 2.04. The van der Waals surface area contributed by atoms with Crippen molar-refractivity contribution in [1.29, 1.82) is 10.5 Å². The Balaban J connectivity index is 4.03. The van der Waals surface area contributed by atoms with Gasteiger partial charge in [0.2, 0.25) is 0 Å². The number of carbonyl (C=O) groups is 1. The molecule has 0 atom stereocenters. The average molecular weight is 167 g/mol. The van der Waals surface area contributed by atoms with Crippen LogP contribution in [0.3, 0.4) is 0 Å². The van der Waals surface area contributed by atoms with Gasteiger partial charge >= 0.3 is 6.09 Å². The molecule has 0 unspecified atom stereocenters. The third-order valence-electron chi connectivity index (χ3n) is 1.05. The summed E-state index contributed by atoms with van der Waals surface area (Å²) in [6.07, 6.45) is -0.624. The van der Waals surface area contributed by atoms with Crippen LogP contribution in [0.15, 0.2) is 0 Å². The van der Waals surface area contributed by atoms with E-state index in [1.165, 1.54) is 0 Å². The Labute approximate surface area is 70.7 Å². The van der Waals surface area contributed by atoms with Gasteiger partial charge in [-0.2, -0.15) is 10.5 Å². The van der Waals surface area contributed by atoms with E-state index in [0.717, 1.165) is 4.90 Å². The molecule has 0 spiro atoms. The molecule has 0 heterocycles. The van der Waals surface area contributed by atoms with E-state index in [0.29, 0.717) is 0 Å². The van der Waals surface area contributed by atoms with Crippen molar-refractivity contribution in [2.75, 3.05) is 19.7 Å². The molecule has 0 aromatic heterocycles. The predicted molar refractivity (Wildman–Crippen MR) is 39.8 cm³/mol. The highest BCUT2D eigenvalue weighted by molar-refractivity contribution is 5.68. The second-order valence-electron chi connectivity index (χ2n) is 1.87. The van der Waals surface area contributed by atoms with Gasteiger partial charge in [0.25, 0.3) is 0 Å². The van der Waals surface area contributed by atoms with Crippen molar-refractivity contribution in [2.24, 2.45) is 0 Å². The Bertz CT molecular complexity index is 210. The van der Waals surface area contributed by atoms with Crippen LogP contribution < -0.4 is 0 Å².